The van der Waals surface area contributed by atoms with Crippen molar-refractivity contribution in [3.8, 4) is 0 Å². The lowest BCUT2D eigenvalue weighted by molar-refractivity contribution is -0.870. The number of nitrogens with one attached hydrogen (secondary N) is 1. The number of hydrogen-bond donors (Lipinski definition) is 2. The lowest BCUT2D eigenvalue weighted by atomic mass is 10.0. The molecule has 3 atom stereocenters. The highest BCUT2D eigenvalue weighted by Gasteiger charge is 2.23. The number of phosphoric acid groups is 1. The Bertz CT molecular complexity index is 1450. The number of rotatable bonds is 58. The Morgan fingerprint density at radius 1 is 0.467 bits per heavy atom. The van der Waals surface area contributed by atoms with Gasteiger partial charge in [0.15, 0.2) is 0 Å². The first-order valence-corrected chi connectivity index (χ1v) is 33.3. The third-order valence-electron chi connectivity index (χ3n) is 14.1. The predicted octanol–water partition coefficient (Wildman–Crippen LogP) is 19.2. The van der Waals surface area contributed by atoms with Gasteiger partial charge >= 0.3 is 0 Å². The zero-order chi connectivity index (χ0) is 54.9. The largest absolute Gasteiger partial charge is 0.756 e. The minimum atomic E-state index is -4.61. The van der Waals surface area contributed by atoms with Crippen LogP contribution in [0.5, 0.6) is 0 Å². The maximum atomic E-state index is 13.0. The molecule has 438 valence electrons. The molecule has 0 aromatic heterocycles. The van der Waals surface area contributed by atoms with Crippen molar-refractivity contribution in [3.63, 3.8) is 0 Å². The average molecular weight is 1070 g/mol. The standard InChI is InChI=1S/C66H123N2O6P/c1-6-8-10-12-14-16-18-20-22-23-24-25-26-27-28-29-30-31-32-33-34-35-36-37-38-39-40-41-42-43-44-45-46-48-50-52-54-56-58-60-66(70)67-64(63-74-75(71,72)73-62-61-68(3,4)5)65(69)59-57-55-53-51-49-47-21-19-17-15-13-11-9-7-2/h17-20,23-24,26-27,49,51,57,59,64-65,69H,6-16,21-22,25,28-48,50,52-56,58,60-63H2,1-5H3,(H-,67,70,71,72)/b19-17+,20-18-,24-23-,27-26-,51-49+,59-57+. The summed E-state index contributed by atoms with van der Waals surface area (Å²) >= 11 is 0. The molecule has 75 heavy (non-hydrogen) atoms. The van der Waals surface area contributed by atoms with Crippen LogP contribution < -0.4 is 10.2 Å². The summed E-state index contributed by atoms with van der Waals surface area (Å²) in [5.74, 6) is -0.209. The van der Waals surface area contributed by atoms with E-state index in [-0.39, 0.29) is 12.5 Å². The van der Waals surface area contributed by atoms with E-state index in [1.807, 2.05) is 27.2 Å². The van der Waals surface area contributed by atoms with Gasteiger partial charge in [-0.25, -0.2) is 0 Å². The van der Waals surface area contributed by atoms with Crippen LogP contribution in [0, 0.1) is 0 Å². The minimum Gasteiger partial charge on any atom is -0.756 e. The SMILES string of the molecule is CCCCCC/C=C/CC/C=C/CC/C=C/C(O)C(COP(=O)([O-])OCC[N+](C)(C)C)NC(=O)CCCCCCCCCCCCCCCCCCCCCCCCCC/C=C\C/C=C\C/C=C\CCCCCCC. The number of unbranched alkanes of at least 4 members (excludes halogenated alkanes) is 35. The van der Waals surface area contributed by atoms with Crippen molar-refractivity contribution in [3.05, 3.63) is 72.9 Å². The van der Waals surface area contributed by atoms with Gasteiger partial charge in [-0.2, -0.15) is 0 Å². The molecule has 0 aliphatic carbocycles. The molecule has 1 amide bonds. The van der Waals surface area contributed by atoms with E-state index in [0.29, 0.717) is 17.4 Å². The van der Waals surface area contributed by atoms with E-state index in [2.05, 4.69) is 79.9 Å². The monoisotopic (exact) mass is 1070 g/mol. The quantitative estimate of drug-likeness (QED) is 0.0272. The number of allylic oxidation sites excluding steroid dienone is 11. The fraction of sp³-hybridized carbons (Fsp3) is 0.803. The molecule has 0 bridgehead atoms. The summed E-state index contributed by atoms with van der Waals surface area (Å²) in [6, 6.07) is -0.910. The van der Waals surface area contributed by atoms with E-state index in [1.165, 1.54) is 205 Å². The molecular formula is C66H123N2O6P. The van der Waals surface area contributed by atoms with Crippen molar-refractivity contribution < 1.29 is 32.9 Å². The summed E-state index contributed by atoms with van der Waals surface area (Å²) < 4.78 is 23.3. The van der Waals surface area contributed by atoms with Gasteiger partial charge in [-0.3, -0.25) is 9.36 Å². The molecule has 0 saturated heterocycles. The molecule has 3 unspecified atom stereocenters. The molecule has 0 aliphatic heterocycles. The van der Waals surface area contributed by atoms with E-state index < -0.39 is 26.6 Å². The Balaban J connectivity index is 3.93. The molecule has 0 fully saturated rings. The molecule has 0 rings (SSSR count). The highest BCUT2D eigenvalue weighted by atomic mass is 31.2. The molecule has 8 nitrogen and oxygen atoms in total. The van der Waals surface area contributed by atoms with Gasteiger partial charge in [-0.05, 0) is 83.5 Å². The van der Waals surface area contributed by atoms with Gasteiger partial charge in [0.2, 0.25) is 5.91 Å². The molecule has 0 saturated carbocycles. The number of quaternary nitrogens is 1. The van der Waals surface area contributed by atoms with Gasteiger partial charge in [0.05, 0.1) is 39.9 Å². The number of aliphatic hydroxyl groups excluding tert-OH is 1. The van der Waals surface area contributed by atoms with Crippen LogP contribution in [0.15, 0.2) is 72.9 Å². The Morgan fingerprint density at radius 3 is 1.19 bits per heavy atom. The Morgan fingerprint density at radius 2 is 0.787 bits per heavy atom. The molecule has 0 spiro atoms. The number of hydrogen-bond acceptors (Lipinski definition) is 6. The van der Waals surface area contributed by atoms with Crippen molar-refractivity contribution in [2.45, 2.75) is 302 Å². The summed E-state index contributed by atoms with van der Waals surface area (Å²) in [7, 11) is 1.24. The van der Waals surface area contributed by atoms with Crippen LogP contribution in [-0.4, -0.2) is 68.5 Å². The average Bonchev–Trinajstić information content (AvgIpc) is 3.37. The van der Waals surface area contributed by atoms with Crippen molar-refractivity contribution in [1.82, 2.24) is 5.32 Å². The van der Waals surface area contributed by atoms with E-state index in [9.17, 15) is 19.4 Å². The summed E-state index contributed by atoms with van der Waals surface area (Å²) in [5, 5.41) is 13.8. The van der Waals surface area contributed by atoms with Crippen molar-refractivity contribution in [2.75, 3.05) is 40.9 Å². The van der Waals surface area contributed by atoms with Gasteiger partial charge in [-0.15, -0.1) is 0 Å². The number of carbonyl (C=O) groups is 1. The van der Waals surface area contributed by atoms with E-state index in [1.54, 1.807) is 6.08 Å². The van der Waals surface area contributed by atoms with Crippen LogP contribution >= 0.6 is 7.82 Å². The molecule has 0 radical (unpaired) electrons. The number of carbonyl (C=O) groups excluding carboxylic acids is 1. The van der Waals surface area contributed by atoms with E-state index >= 15 is 0 Å². The maximum Gasteiger partial charge on any atom is 0.268 e. The molecule has 0 aliphatic rings. The first-order chi connectivity index (χ1) is 36.5. The van der Waals surface area contributed by atoms with Crippen LogP contribution in [0.25, 0.3) is 0 Å². The lowest BCUT2D eigenvalue weighted by Crippen LogP contribution is -2.45. The van der Waals surface area contributed by atoms with Crippen molar-refractivity contribution in [1.29, 1.82) is 0 Å². The van der Waals surface area contributed by atoms with Crippen LogP contribution in [-0.2, 0) is 18.4 Å². The Labute approximate surface area is 465 Å². The zero-order valence-corrected chi connectivity index (χ0v) is 50.9. The van der Waals surface area contributed by atoms with Crippen molar-refractivity contribution in [2.24, 2.45) is 0 Å². The van der Waals surface area contributed by atoms with E-state index in [4.69, 9.17) is 9.05 Å². The van der Waals surface area contributed by atoms with E-state index in [0.717, 1.165) is 64.2 Å². The number of aliphatic hydroxyl groups is 1. The third kappa shape index (κ3) is 59.4. The molecule has 2 N–H and O–H groups in total. The lowest BCUT2D eigenvalue weighted by Gasteiger charge is -2.29. The second-order valence-corrected chi connectivity index (χ2v) is 24.2. The fourth-order valence-electron chi connectivity index (χ4n) is 9.14. The Hall–Kier alpha value is -2.06. The summed E-state index contributed by atoms with van der Waals surface area (Å²) in [4.78, 5) is 25.5. The first kappa shape index (κ1) is 72.9. The highest BCUT2D eigenvalue weighted by molar-refractivity contribution is 7.45. The van der Waals surface area contributed by atoms with Gasteiger partial charge < -0.3 is 28.8 Å². The smallest absolute Gasteiger partial charge is 0.268 e. The third-order valence-corrected chi connectivity index (χ3v) is 15.1. The zero-order valence-electron chi connectivity index (χ0n) is 50.0. The van der Waals surface area contributed by atoms with Gasteiger partial charge in [0.1, 0.15) is 13.2 Å². The summed E-state index contributed by atoms with van der Waals surface area (Å²) in [6.07, 6.45) is 78.8. The van der Waals surface area contributed by atoms with Crippen molar-refractivity contribution >= 4 is 13.7 Å². The summed E-state index contributed by atoms with van der Waals surface area (Å²) in [5.41, 5.74) is 0. The molecule has 0 aromatic rings. The second-order valence-electron chi connectivity index (χ2n) is 22.7. The number of nitrogens with zero attached hydrogens (tertiary/aromatic N) is 1. The van der Waals surface area contributed by atoms with Gasteiger partial charge in [0.25, 0.3) is 7.82 Å². The molecule has 0 heterocycles. The number of amides is 1. The fourth-order valence-corrected chi connectivity index (χ4v) is 9.86. The predicted molar refractivity (Wildman–Crippen MR) is 325 cm³/mol. The van der Waals surface area contributed by atoms with Crippen LogP contribution in [0.1, 0.15) is 290 Å². The minimum absolute atomic E-state index is 0.00959. The molecule has 0 aromatic carbocycles. The highest BCUT2D eigenvalue weighted by Crippen LogP contribution is 2.38. The van der Waals surface area contributed by atoms with Crippen LogP contribution in [0.4, 0.5) is 0 Å². The van der Waals surface area contributed by atoms with Crippen LogP contribution in [0.2, 0.25) is 0 Å². The summed E-state index contributed by atoms with van der Waals surface area (Å²) in [6.45, 7) is 4.60. The van der Waals surface area contributed by atoms with Gasteiger partial charge in [-0.1, -0.05) is 273 Å². The normalized spacial score (nSPS) is 14.3. The molecular weight excluding hydrogens is 948 g/mol. The first-order valence-electron chi connectivity index (χ1n) is 31.8. The van der Waals surface area contributed by atoms with Crippen LogP contribution in [0.3, 0.4) is 0 Å². The second kappa shape index (κ2) is 56.7. The molecule has 9 heteroatoms. The topological polar surface area (TPSA) is 108 Å². The Kier molecular flexibility index (Phi) is 55.1. The number of phosphoric ester groups is 1. The van der Waals surface area contributed by atoms with Gasteiger partial charge in [0, 0.05) is 6.42 Å². The maximum absolute atomic E-state index is 13.0. The number of likely N-dealkylation sites (N-methyl/N-ethyl adjacent to an activating group) is 1.